The molecule has 0 saturated heterocycles. The fourth-order valence-electron chi connectivity index (χ4n) is 3.51. The molecule has 0 N–H and O–H groups in total. The van der Waals surface area contributed by atoms with Crippen LogP contribution in [0.25, 0.3) is 0 Å². The van der Waals surface area contributed by atoms with Crippen molar-refractivity contribution in [1.29, 1.82) is 0 Å². The van der Waals surface area contributed by atoms with E-state index in [1.807, 2.05) is 0 Å². The Morgan fingerprint density at radius 1 is 0.500 bits per heavy atom. The minimum absolute atomic E-state index is 0.398. The third-order valence-electron chi connectivity index (χ3n) is 5.41. The summed E-state index contributed by atoms with van der Waals surface area (Å²) in [6, 6.07) is 0. The van der Waals surface area contributed by atoms with Gasteiger partial charge in [0.1, 0.15) is 0 Å². The smallest absolute Gasteiger partial charge is 0.222 e. The molecule has 0 fully saturated rings. The zero-order valence-corrected chi connectivity index (χ0v) is 18.5. The van der Waals surface area contributed by atoms with Crippen LogP contribution in [0.15, 0.2) is 0 Å². The zero-order chi connectivity index (χ0) is 19.3. The minimum Gasteiger partial charge on any atom is -0.343 e. The first kappa shape index (κ1) is 25.5. The summed E-state index contributed by atoms with van der Waals surface area (Å²) in [5.41, 5.74) is 0. The van der Waals surface area contributed by atoms with Crippen molar-refractivity contribution < 1.29 is 4.79 Å². The van der Waals surface area contributed by atoms with Crippen LogP contribution >= 0.6 is 0 Å². The predicted octanol–water partition coefficient (Wildman–Crippen LogP) is 7.90. The summed E-state index contributed by atoms with van der Waals surface area (Å²) < 4.78 is 0. The van der Waals surface area contributed by atoms with Crippen LogP contribution in [0.1, 0.15) is 136 Å². The Morgan fingerprint density at radius 3 is 1.23 bits per heavy atom. The molecule has 0 spiro atoms. The summed E-state index contributed by atoms with van der Waals surface area (Å²) >= 11 is 0. The molecule has 2 nitrogen and oxygen atoms in total. The van der Waals surface area contributed by atoms with E-state index in [4.69, 9.17) is 0 Å². The SMILES string of the molecule is CCCCCCCCCCCCCCCC(=O)N(CCCC)CCCC. The standard InChI is InChI=1S/C24H49NO/c1-4-7-10-11-12-13-14-15-16-17-18-19-20-21-24(26)25(22-8-5-2)23-9-6-3/h4-23H2,1-3H3. The predicted molar refractivity (Wildman–Crippen MR) is 117 cm³/mol. The Morgan fingerprint density at radius 2 is 0.846 bits per heavy atom. The highest BCUT2D eigenvalue weighted by Crippen LogP contribution is 2.13. The van der Waals surface area contributed by atoms with Gasteiger partial charge in [-0.1, -0.05) is 111 Å². The van der Waals surface area contributed by atoms with Crippen molar-refractivity contribution in [3.63, 3.8) is 0 Å². The Labute approximate surface area is 165 Å². The quantitative estimate of drug-likeness (QED) is 0.200. The lowest BCUT2D eigenvalue weighted by molar-refractivity contribution is -0.131. The lowest BCUT2D eigenvalue weighted by Gasteiger charge is -2.22. The summed E-state index contributed by atoms with van der Waals surface area (Å²) in [5.74, 6) is 0.398. The molecule has 26 heavy (non-hydrogen) atoms. The van der Waals surface area contributed by atoms with Crippen molar-refractivity contribution in [2.45, 2.75) is 136 Å². The molecule has 0 aromatic rings. The number of carbonyl (C=O) groups is 1. The number of hydrogen-bond donors (Lipinski definition) is 0. The zero-order valence-electron chi connectivity index (χ0n) is 18.5. The first-order valence-corrected chi connectivity index (χ1v) is 12.0. The van der Waals surface area contributed by atoms with E-state index in [0.29, 0.717) is 5.91 Å². The van der Waals surface area contributed by atoms with Gasteiger partial charge in [0.15, 0.2) is 0 Å². The Kier molecular flexibility index (Phi) is 20.4. The topological polar surface area (TPSA) is 20.3 Å². The maximum atomic E-state index is 12.4. The molecule has 0 unspecified atom stereocenters. The summed E-state index contributed by atoms with van der Waals surface area (Å²) in [4.78, 5) is 14.5. The van der Waals surface area contributed by atoms with Crippen molar-refractivity contribution in [3.8, 4) is 0 Å². The highest BCUT2D eigenvalue weighted by molar-refractivity contribution is 5.76. The Balaban J connectivity index is 3.47. The largest absolute Gasteiger partial charge is 0.343 e. The molecule has 0 atom stereocenters. The van der Waals surface area contributed by atoms with Crippen LogP contribution in [-0.4, -0.2) is 23.9 Å². The Bertz CT molecular complexity index is 282. The molecule has 0 aromatic heterocycles. The molecular weight excluding hydrogens is 318 g/mol. The fourth-order valence-corrected chi connectivity index (χ4v) is 3.51. The van der Waals surface area contributed by atoms with Crippen LogP contribution in [-0.2, 0) is 4.79 Å². The molecule has 0 bridgehead atoms. The highest BCUT2D eigenvalue weighted by Gasteiger charge is 2.11. The highest BCUT2D eigenvalue weighted by atomic mass is 16.2. The third kappa shape index (κ3) is 16.9. The summed E-state index contributed by atoms with van der Waals surface area (Å²) in [5, 5.41) is 0. The lowest BCUT2D eigenvalue weighted by atomic mass is 10.0. The average molecular weight is 368 g/mol. The van der Waals surface area contributed by atoms with E-state index in [1.54, 1.807) is 0 Å². The second-order valence-corrected chi connectivity index (χ2v) is 8.08. The van der Waals surface area contributed by atoms with Gasteiger partial charge in [0, 0.05) is 19.5 Å². The number of hydrogen-bond acceptors (Lipinski definition) is 1. The van der Waals surface area contributed by atoms with Crippen LogP contribution in [0.3, 0.4) is 0 Å². The monoisotopic (exact) mass is 367 g/mol. The normalized spacial score (nSPS) is 11.0. The van der Waals surface area contributed by atoms with E-state index in [9.17, 15) is 4.79 Å². The van der Waals surface area contributed by atoms with E-state index in [0.717, 1.165) is 38.8 Å². The van der Waals surface area contributed by atoms with Crippen molar-refractivity contribution in [2.24, 2.45) is 0 Å². The van der Waals surface area contributed by atoms with Crippen LogP contribution in [0.2, 0.25) is 0 Å². The van der Waals surface area contributed by atoms with Crippen LogP contribution < -0.4 is 0 Å². The molecule has 0 aliphatic carbocycles. The molecular formula is C24H49NO. The minimum atomic E-state index is 0.398. The van der Waals surface area contributed by atoms with Crippen LogP contribution in [0.5, 0.6) is 0 Å². The van der Waals surface area contributed by atoms with Crippen molar-refractivity contribution >= 4 is 5.91 Å². The van der Waals surface area contributed by atoms with Gasteiger partial charge in [0.25, 0.3) is 0 Å². The molecule has 0 aromatic carbocycles. The second-order valence-electron chi connectivity index (χ2n) is 8.08. The molecule has 1 amide bonds. The van der Waals surface area contributed by atoms with Gasteiger partial charge in [-0.05, 0) is 19.3 Å². The van der Waals surface area contributed by atoms with Crippen molar-refractivity contribution in [2.75, 3.05) is 13.1 Å². The molecule has 0 aliphatic heterocycles. The number of amides is 1. The first-order valence-electron chi connectivity index (χ1n) is 12.0. The van der Waals surface area contributed by atoms with Crippen molar-refractivity contribution in [3.05, 3.63) is 0 Å². The van der Waals surface area contributed by atoms with E-state index in [2.05, 4.69) is 25.7 Å². The molecule has 156 valence electrons. The van der Waals surface area contributed by atoms with Gasteiger partial charge >= 0.3 is 0 Å². The van der Waals surface area contributed by atoms with E-state index in [-0.39, 0.29) is 0 Å². The maximum Gasteiger partial charge on any atom is 0.222 e. The summed E-state index contributed by atoms with van der Waals surface area (Å²) in [6.07, 6.45) is 23.1. The second kappa shape index (κ2) is 20.8. The van der Waals surface area contributed by atoms with E-state index >= 15 is 0 Å². The van der Waals surface area contributed by atoms with Crippen molar-refractivity contribution in [1.82, 2.24) is 4.90 Å². The third-order valence-corrected chi connectivity index (χ3v) is 5.41. The van der Waals surface area contributed by atoms with Gasteiger partial charge in [0.2, 0.25) is 5.91 Å². The van der Waals surface area contributed by atoms with Gasteiger partial charge in [0.05, 0.1) is 0 Å². The van der Waals surface area contributed by atoms with Gasteiger partial charge in [-0.25, -0.2) is 0 Å². The number of carbonyl (C=O) groups excluding carboxylic acids is 1. The maximum absolute atomic E-state index is 12.4. The summed E-state index contributed by atoms with van der Waals surface area (Å²) in [6.45, 7) is 8.62. The number of unbranched alkanes of at least 4 members (excludes halogenated alkanes) is 14. The summed E-state index contributed by atoms with van der Waals surface area (Å²) in [7, 11) is 0. The molecule has 0 radical (unpaired) electrons. The van der Waals surface area contributed by atoms with Gasteiger partial charge < -0.3 is 4.90 Å². The van der Waals surface area contributed by atoms with Crippen LogP contribution in [0, 0.1) is 0 Å². The van der Waals surface area contributed by atoms with Gasteiger partial charge in [-0.15, -0.1) is 0 Å². The molecule has 0 aliphatic rings. The number of nitrogens with zero attached hydrogens (tertiary/aromatic N) is 1. The van der Waals surface area contributed by atoms with Crippen LogP contribution in [0.4, 0.5) is 0 Å². The average Bonchev–Trinajstić information content (AvgIpc) is 2.65. The van der Waals surface area contributed by atoms with E-state index < -0.39 is 0 Å². The molecule has 0 heterocycles. The molecule has 2 heteroatoms. The molecule has 0 saturated carbocycles. The first-order chi connectivity index (χ1) is 12.8. The Hall–Kier alpha value is -0.530. The lowest BCUT2D eigenvalue weighted by Crippen LogP contribution is -2.32. The molecule has 0 rings (SSSR count). The van der Waals surface area contributed by atoms with Gasteiger partial charge in [-0.2, -0.15) is 0 Å². The van der Waals surface area contributed by atoms with E-state index in [1.165, 1.54) is 89.9 Å². The number of rotatable bonds is 20. The fraction of sp³-hybridized carbons (Fsp3) is 0.958. The van der Waals surface area contributed by atoms with Gasteiger partial charge in [-0.3, -0.25) is 4.79 Å².